The number of aromatic carboxylic acids is 1. The number of carbonyl (C=O) groups is 2. The molecule has 1 unspecified atom stereocenters. The molecule has 0 radical (unpaired) electrons. The van der Waals surface area contributed by atoms with E-state index in [0.717, 1.165) is 6.20 Å². The number of nitrogens with zero attached hydrogens (tertiary/aromatic N) is 2. The first-order chi connectivity index (χ1) is 10.5. The number of halogens is 3. The second-order valence-corrected chi connectivity index (χ2v) is 6.34. The van der Waals surface area contributed by atoms with Crippen molar-refractivity contribution < 1.29 is 27.9 Å². The van der Waals surface area contributed by atoms with E-state index in [9.17, 15) is 22.8 Å². The average molecular weight is 330 g/mol. The van der Waals surface area contributed by atoms with Gasteiger partial charge in [0.15, 0.2) is 0 Å². The van der Waals surface area contributed by atoms with Gasteiger partial charge >= 0.3 is 12.1 Å². The highest BCUT2D eigenvalue weighted by Crippen LogP contribution is 2.45. The van der Waals surface area contributed by atoms with Crippen LogP contribution in [0.15, 0.2) is 18.3 Å². The van der Waals surface area contributed by atoms with Gasteiger partial charge in [-0.25, -0.2) is 9.78 Å². The van der Waals surface area contributed by atoms with Crippen molar-refractivity contribution in [3.8, 4) is 0 Å². The third-order valence-corrected chi connectivity index (χ3v) is 4.14. The van der Waals surface area contributed by atoms with E-state index in [1.807, 2.05) is 0 Å². The van der Waals surface area contributed by atoms with Gasteiger partial charge in [0.2, 0.25) is 0 Å². The van der Waals surface area contributed by atoms with E-state index in [1.54, 1.807) is 0 Å². The monoisotopic (exact) mass is 330 g/mol. The number of piperidine rings is 1. The van der Waals surface area contributed by atoms with Crippen LogP contribution in [0.25, 0.3) is 0 Å². The summed E-state index contributed by atoms with van der Waals surface area (Å²) in [5.74, 6) is -3.11. The number of hydrogen-bond donors (Lipinski definition) is 1. The molecular formula is C15H17F3N2O3. The highest BCUT2D eigenvalue weighted by Gasteiger charge is 2.51. The second kappa shape index (κ2) is 5.82. The fraction of sp³-hybridized carbons (Fsp3) is 0.533. The van der Waals surface area contributed by atoms with Gasteiger partial charge in [-0.1, -0.05) is 13.8 Å². The SMILES string of the molecule is CC1(C)CN(C(=O)c2ccc(C(=O)O)nc2)CCC1C(F)(F)F. The maximum atomic E-state index is 13.0. The maximum absolute atomic E-state index is 13.0. The van der Waals surface area contributed by atoms with Crippen LogP contribution in [-0.2, 0) is 0 Å². The third-order valence-electron chi connectivity index (χ3n) is 4.14. The molecule has 1 fully saturated rings. The fourth-order valence-electron chi connectivity index (χ4n) is 2.97. The molecule has 1 aromatic heterocycles. The van der Waals surface area contributed by atoms with E-state index in [2.05, 4.69) is 4.98 Å². The Bertz CT molecular complexity index is 611. The number of carbonyl (C=O) groups excluding carboxylic acids is 1. The van der Waals surface area contributed by atoms with Gasteiger partial charge in [-0.15, -0.1) is 0 Å². The summed E-state index contributed by atoms with van der Waals surface area (Å²) in [6, 6.07) is 2.52. The number of amides is 1. The molecule has 0 saturated carbocycles. The van der Waals surface area contributed by atoms with Crippen molar-refractivity contribution in [2.45, 2.75) is 26.4 Å². The number of aromatic nitrogens is 1. The molecule has 8 heteroatoms. The first-order valence-corrected chi connectivity index (χ1v) is 7.08. The lowest BCUT2D eigenvalue weighted by molar-refractivity contribution is -0.214. The molecule has 0 spiro atoms. The number of hydrogen-bond acceptors (Lipinski definition) is 3. The molecule has 126 valence electrons. The fourth-order valence-corrected chi connectivity index (χ4v) is 2.97. The molecule has 1 aromatic rings. The van der Waals surface area contributed by atoms with Crippen LogP contribution in [0.4, 0.5) is 13.2 Å². The van der Waals surface area contributed by atoms with Crippen LogP contribution in [0, 0.1) is 11.3 Å². The molecule has 1 atom stereocenters. The zero-order chi connectivity index (χ0) is 17.4. The summed E-state index contributed by atoms with van der Waals surface area (Å²) in [6.45, 7) is 2.98. The van der Waals surface area contributed by atoms with E-state index in [4.69, 9.17) is 5.11 Å². The molecule has 2 rings (SSSR count). The number of carboxylic acid groups (broad SMARTS) is 1. The van der Waals surface area contributed by atoms with Crippen LogP contribution < -0.4 is 0 Å². The highest BCUT2D eigenvalue weighted by molar-refractivity contribution is 5.95. The summed E-state index contributed by atoms with van der Waals surface area (Å²) in [5, 5.41) is 8.77. The number of likely N-dealkylation sites (tertiary alicyclic amines) is 1. The van der Waals surface area contributed by atoms with Gasteiger partial charge in [0.25, 0.3) is 5.91 Å². The summed E-state index contributed by atoms with van der Waals surface area (Å²) in [6.07, 6.45) is -3.30. The van der Waals surface area contributed by atoms with E-state index in [-0.39, 0.29) is 30.8 Å². The summed E-state index contributed by atoms with van der Waals surface area (Å²) >= 11 is 0. The molecule has 0 aliphatic carbocycles. The topological polar surface area (TPSA) is 70.5 Å². The maximum Gasteiger partial charge on any atom is 0.392 e. The van der Waals surface area contributed by atoms with Crippen molar-refractivity contribution in [2.24, 2.45) is 11.3 Å². The summed E-state index contributed by atoms with van der Waals surface area (Å²) in [5.41, 5.74) is -1.12. The quantitative estimate of drug-likeness (QED) is 0.905. The minimum atomic E-state index is -4.29. The van der Waals surface area contributed by atoms with Crippen LogP contribution in [0.3, 0.4) is 0 Å². The van der Waals surface area contributed by atoms with Gasteiger partial charge in [-0.2, -0.15) is 13.2 Å². The average Bonchev–Trinajstić information content (AvgIpc) is 2.44. The van der Waals surface area contributed by atoms with Gasteiger partial charge in [0, 0.05) is 19.3 Å². The van der Waals surface area contributed by atoms with Gasteiger partial charge in [0.1, 0.15) is 5.69 Å². The summed E-state index contributed by atoms with van der Waals surface area (Å²) < 4.78 is 39.1. The van der Waals surface area contributed by atoms with Gasteiger partial charge in [-0.05, 0) is 24.0 Å². The Labute approximate surface area is 131 Å². The molecule has 23 heavy (non-hydrogen) atoms. The van der Waals surface area contributed by atoms with E-state index in [1.165, 1.54) is 30.9 Å². The van der Waals surface area contributed by atoms with Crippen LogP contribution in [0.2, 0.25) is 0 Å². The molecular weight excluding hydrogens is 313 g/mol. The molecule has 5 nitrogen and oxygen atoms in total. The number of rotatable bonds is 2. The van der Waals surface area contributed by atoms with Crippen LogP contribution in [-0.4, -0.2) is 46.1 Å². The lowest BCUT2D eigenvalue weighted by atomic mass is 9.73. The van der Waals surface area contributed by atoms with Crippen molar-refractivity contribution >= 4 is 11.9 Å². The smallest absolute Gasteiger partial charge is 0.392 e. The molecule has 2 heterocycles. The minimum absolute atomic E-state index is 0.00707. The molecule has 1 N–H and O–H groups in total. The third kappa shape index (κ3) is 3.62. The molecule has 0 bridgehead atoms. The summed E-state index contributed by atoms with van der Waals surface area (Å²) in [4.78, 5) is 28.1. The zero-order valence-corrected chi connectivity index (χ0v) is 12.7. The largest absolute Gasteiger partial charge is 0.477 e. The van der Waals surface area contributed by atoms with Crippen LogP contribution >= 0.6 is 0 Å². The molecule has 1 aliphatic rings. The van der Waals surface area contributed by atoms with E-state index >= 15 is 0 Å². The van der Waals surface area contributed by atoms with E-state index < -0.39 is 29.4 Å². The van der Waals surface area contributed by atoms with Gasteiger partial charge < -0.3 is 10.0 Å². The van der Waals surface area contributed by atoms with Crippen molar-refractivity contribution in [2.75, 3.05) is 13.1 Å². The predicted octanol–water partition coefficient (Wildman–Crippen LogP) is 2.83. The van der Waals surface area contributed by atoms with Crippen molar-refractivity contribution in [1.82, 2.24) is 9.88 Å². The van der Waals surface area contributed by atoms with E-state index in [0.29, 0.717) is 0 Å². The van der Waals surface area contributed by atoms with Crippen LogP contribution in [0.5, 0.6) is 0 Å². The van der Waals surface area contributed by atoms with Crippen molar-refractivity contribution in [1.29, 1.82) is 0 Å². The highest BCUT2D eigenvalue weighted by atomic mass is 19.4. The Morgan fingerprint density at radius 2 is 2.00 bits per heavy atom. The molecule has 1 aliphatic heterocycles. The Morgan fingerprint density at radius 3 is 2.43 bits per heavy atom. The van der Waals surface area contributed by atoms with Gasteiger partial charge in [0.05, 0.1) is 11.5 Å². The lowest BCUT2D eigenvalue weighted by Crippen LogP contribution is -2.52. The summed E-state index contributed by atoms with van der Waals surface area (Å²) in [7, 11) is 0. The Kier molecular flexibility index (Phi) is 4.37. The Morgan fingerprint density at radius 1 is 1.35 bits per heavy atom. The van der Waals surface area contributed by atoms with Crippen molar-refractivity contribution in [3.63, 3.8) is 0 Å². The number of alkyl halides is 3. The Hall–Kier alpha value is -2.12. The van der Waals surface area contributed by atoms with Crippen molar-refractivity contribution in [3.05, 3.63) is 29.6 Å². The molecule has 1 amide bonds. The normalized spacial score (nSPS) is 21.1. The first kappa shape index (κ1) is 17.2. The number of carboxylic acids is 1. The first-order valence-electron chi connectivity index (χ1n) is 7.08. The molecule has 1 saturated heterocycles. The minimum Gasteiger partial charge on any atom is -0.477 e. The Balaban J connectivity index is 2.14. The number of pyridine rings is 1. The standard InChI is InChI=1S/C15H17F3N2O3/c1-14(2)8-20(6-5-11(14)15(16,17)18)12(21)9-3-4-10(13(22)23)19-7-9/h3-4,7,11H,5-6,8H2,1-2H3,(H,22,23). The van der Waals surface area contributed by atoms with Crippen LogP contribution in [0.1, 0.15) is 41.1 Å². The predicted molar refractivity (Wildman–Crippen MR) is 75.0 cm³/mol. The second-order valence-electron chi connectivity index (χ2n) is 6.34. The zero-order valence-electron chi connectivity index (χ0n) is 12.7. The van der Waals surface area contributed by atoms with Gasteiger partial charge in [-0.3, -0.25) is 4.79 Å². The molecule has 0 aromatic carbocycles. The lowest BCUT2D eigenvalue weighted by Gasteiger charge is -2.44.